The van der Waals surface area contributed by atoms with Crippen molar-refractivity contribution < 1.29 is 50.2 Å². The van der Waals surface area contributed by atoms with E-state index >= 15 is 0 Å². The number of hydrazine groups is 1. The van der Waals surface area contributed by atoms with Crippen LogP contribution in [0.15, 0.2) is 82.2 Å². The van der Waals surface area contributed by atoms with Crippen LogP contribution in [-0.2, 0) is 53.6 Å². The topological polar surface area (TPSA) is 204 Å². The fourth-order valence-electron chi connectivity index (χ4n) is 6.44. The minimum atomic E-state index is -3.40. The Bertz CT molecular complexity index is 2670. The normalized spacial score (nSPS) is 12.6. The Morgan fingerprint density at radius 1 is 0.706 bits per heavy atom. The third kappa shape index (κ3) is 16.1. The highest BCUT2D eigenvalue weighted by molar-refractivity contribution is 7.89. The molecule has 2 aromatic carbocycles. The summed E-state index contributed by atoms with van der Waals surface area (Å²) in [4.78, 5) is 44.8. The molecule has 1 N–H and O–H groups in total. The summed E-state index contributed by atoms with van der Waals surface area (Å²) < 4.78 is 71.4. The number of allylic oxidation sites excluding steroid dienone is 2. The van der Waals surface area contributed by atoms with Gasteiger partial charge in [-0.25, -0.2) is 50.4 Å². The molecule has 2 heterocycles. The van der Waals surface area contributed by atoms with Crippen molar-refractivity contribution in [3.8, 4) is 11.8 Å². The first-order valence-corrected chi connectivity index (χ1v) is 24.6. The van der Waals surface area contributed by atoms with Crippen molar-refractivity contribution in [3.05, 3.63) is 106 Å². The standard InChI is InChI=1S/C20H24N2O3S.C17H27N3O5.C12H17NO3S/c1-13-10-16-11-14(2)20(25-5)21-19(16)18(13)12-15-6-8-17(9-7-15)26(23,24)22(3)4;1-11-9-12(10-18-13(11)23-8)20(15(22)25-17(5,6)7)19-14(21)24-16(2,3)4;1-10(14)4-5-11-6-8-12(9-7-11)17(15,16)13(2)3/h6-9,11H,10,12H2,1-5H3;9-10H,1-8H3,(H,19,21);6-9H,4-5H2,1-3H3. The second kappa shape index (κ2) is 23.4. The van der Waals surface area contributed by atoms with Gasteiger partial charge in [-0.15, -0.1) is 0 Å². The number of nitrogens with zero attached hydrogens (tertiary/aromatic N) is 5. The lowest BCUT2D eigenvalue weighted by atomic mass is 10.0. The molecule has 1 aliphatic carbocycles. The zero-order valence-electron chi connectivity index (χ0n) is 42.2. The number of carbonyl (C=O) groups excluding carboxylic acids is 3. The minimum absolute atomic E-state index is 0.134. The summed E-state index contributed by atoms with van der Waals surface area (Å²) in [6.45, 7) is 17.8. The Morgan fingerprint density at radius 3 is 1.63 bits per heavy atom. The summed E-state index contributed by atoms with van der Waals surface area (Å²) in [7, 11) is 2.44. The number of ketones is 1. The van der Waals surface area contributed by atoms with Gasteiger partial charge in [0.1, 0.15) is 17.0 Å². The number of Topliss-reactive ketones (excluding diaryl/α,β-unsaturated/α-hetero) is 1. The van der Waals surface area contributed by atoms with E-state index in [1.54, 1.807) is 105 Å². The van der Waals surface area contributed by atoms with Crippen molar-refractivity contribution >= 4 is 49.3 Å². The Kier molecular flexibility index (Phi) is 19.4. The number of aromatic nitrogens is 2. The highest BCUT2D eigenvalue weighted by Crippen LogP contribution is 2.36. The van der Waals surface area contributed by atoms with Crippen molar-refractivity contribution in [2.24, 2.45) is 0 Å². The SMILES string of the molecule is CC(=O)CCc1ccc(S(=O)(=O)N(C)C)cc1.COc1nc2c(cc1C)CC(C)=C2Cc1ccc(S(=O)(=O)N(C)C)cc1.COc1ncc(N(NC(=O)OC(C)(C)C)C(=O)OC(C)(C)C)cc1C. The average molecular weight is 981 g/mol. The number of amides is 2. The molecule has 0 aliphatic heterocycles. The molecule has 17 nitrogen and oxygen atoms in total. The number of carbonyl (C=O) groups is 3. The van der Waals surface area contributed by atoms with Gasteiger partial charge in [0, 0.05) is 45.7 Å². The number of ether oxygens (including phenoxy) is 4. The van der Waals surface area contributed by atoms with E-state index in [9.17, 15) is 31.2 Å². The van der Waals surface area contributed by atoms with Crippen molar-refractivity contribution in [2.75, 3.05) is 47.4 Å². The number of methoxy groups -OCH3 is 2. The van der Waals surface area contributed by atoms with Gasteiger partial charge < -0.3 is 23.7 Å². The van der Waals surface area contributed by atoms with Gasteiger partial charge in [0.15, 0.2) is 0 Å². The molecule has 19 heteroatoms. The molecule has 4 aromatic rings. The van der Waals surface area contributed by atoms with E-state index in [2.05, 4.69) is 23.4 Å². The van der Waals surface area contributed by atoms with E-state index < -0.39 is 43.4 Å². The van der Waals surface area contributed by atoms with E-state index in [1.807, 2.05) is 19.1 Å². The van der Waals surface area contributed by atoms with Gasteiger partial charge in [-0.2, -0.15) is 5.01 Å². The van der Waals surface area contributed by atoms with Gasteiger partial charge in [-0.05, 0) is 147 Å². The number of benzene rings is 2. The number of anilines is 1. The fourth-order valence-corrected chi connectivity index (χ4v) is 8.24. The number of hydrogen-bond donors (Lipinski definition) is 1. The Hall–Kier alpha value is -5.89. The number of aryl methyl sites for hydroxylation is 3. The molecule has 68 heavy (non-hydrogen) atoms. The lowest BCUT2D eigenvalue weighted by Crippen LogP contribution is -2.50. The lowest BCUT2D eigenvalue weighted by molar-refractivity contribution is -0.117. The highest BCUT2D eigenvalue weighted by Gasteiger charge is 2.28. The van der Waals surface area contributed by atoms with Gasteiger partial charge in [0.05, 0.1) is 41.6 Å². The summed E-state index contributed by atoms with van der Waals surface area (Å²) in [6, 6.07) is 17.5. The fraction of sp³-hybridized carbons (Fsp3) is 0.449. The molecular formula is C49H68N6O11S2. The van der Waals surface area contributed by atoms with Crippen LogP contribution in [0.1, 0.15) is 95.3 Å². The number of nitrogens with one attached hydrogen (secondary N) is 1. The Labute approximate surface area is 402 Å². The molecule has 1 aliphatic rings. The summed E-state index contributed by atoms with van der Waals surface area (Å²) in [6.07, 6.45) is 2.61. The van der Waals surface area contributed by atoms with Crippen LogP contribution in [0.25, 0.3) is 5.57 Å². The summed E-state index contributed by atoms with van der Waals surface area (Å²) in [5.74, 6) is 1.21. The third-order valence-electron chi connectivity index (χ3n) is 9.89. The maximum Gasteiger partial charge on any atom is 0.434 e. The molecule has 372 valence electrons. The van der Waals surface area contributed by atoms with Gasteiger partial charge >= 0.3 is 12.2 Å². The van der Waals surface area contributed by atoms with Gasteiger partial charge in [-0.3, -0.25) is 0 Å². The van der Waals surface area contributed by atoms with Crippen molar-refractivity contribution in [2.45, 2.75) is 116 Å². The van der Waals surface area contributed by atoms with Crippen LogP contribution in [0.4, 0.5) is 15.3 Å². The molecule has 5 rings (SSSR count). The Morgan fingerprint density at radius 2 is 1.19 bits per heavy atom. The monoisotopic (exact) mass is 980 g/mol. The molecule has 0 bridgehead atoms. The maximum atomic E-state index is 12.5. The zero-order valence-corrected chi connectivity index (χ0v) is 43.9. The van der Waals surface area contributed by atoms with Crippen molar-refractivity contribution in [1.29, 1.82) is 0 Å². The first-order valence-electron chi connectivity index (χ1n) is 21.7. The smallest absolute Gasteiger partial charge is 0.434 e. The molecule has 0 unspecified atom stereocenters. The molecule has 0 fully saturated rings. The third-order valence-corrected chi connectivity index (χ3v) is 13.6. The van der Waals surface area contributed by atoms with Crippen molar-refractivity contribution in [1.82, 2.24) is 24.0 Å². The molecule has 0 saturated heterocycles. The largest absolute Gasteiger partial charge is 0.481 e. The second-order valence-corrected chi connectivity index (χ2v) is 22.8. The van der Waals surface area contributed by atoms with Crippen LogP contribution < -0.4 is 19.9 Å². The number of rotatable bonds is 12. The average Bonchev–Trinajstić information content (AvgIpc) is 3.53. The molecule has 0 radical (unpaired) electrons. The van der Waals surface area contributed by atoms with Crippen LogP contribution >= 0.6 is 0 Å². The lowest BCUT2D eigenvalue weighted by Gasteiger charge is -2.28. The number of hydrogen-bond acceptors (Lipinski definition) is 13. The van der Waals surface area contributed by atoms with E-state index in [0.717, 1.165) is 40.2 Å². The maximum absolute atomic E-state index is 12.5. The minimum Gasteiger partial charge on any atom is -0.481 e. The molecule has 0 saturated carbocycles. The van der Waals surface area contributed by atoms with Crippen LogP contribution in [0.5, 0.6) is 11.8 Å². The number of pyridine rings is 2. The predicted octanol–water partition coefficient (Wildman–Crippen LogP) is 8.26. The molecule has 0 atom stereocenters. The zero-order chi connectivity index (χ0) is 51.5. The van der Waals surface area contributed by atoms with Crippen LogP contribution in [-0.4, -0.2) is 107 Å². The summed E-state index contributed by atoms with van der Waals surface area (Å²) in [5, 5.41) is 0.957. The highest BCUT2D eigenvalue weighted by atomic mass is 32.2. The van der Waals surface area contributed by atoms with Crippen molar-refractivity contribution in [3.63, 3.8) is 0 Å². The molecule has 0 spiro atoms. The quantitative estimate of drug-likeness (QED) is 0.133. The van der Waals surface area contributed by atoms with Crippen LogP contribution in [0, 0.1) is 13.8 Å². The van der Waals surface area contributed by atoms with E-state index in [0.29, 0.717) is 40.7 Å². The summed E-state index contributed by atoms with van der Waals surface area (Å²) >= 11 is 0. The molecular weight excluding hydrogens is 913 g/mol. The Balaban J connectivity index is 0.000000277. The van der Waals surface area contributed by atoms with E-state index in [1.165, 1.54) is 66.8 Å². The van der Waals surface area contributed by atoms with Gasteiger partial charge in [-0.1, -0.05) is 29.8 Å². The van der Waals surface area contributed by atoms with Gasteiger partial charge in [0.25, 0.3) is 0 Å². The van der Waals surface area contributed by atoms with E-state index in [-0.39, 0.29) is 10.7 Å². The predicted molar refractivity (Wildman–Crippen MR) is 263 cm³/mol. The van der Waals surface area contributed by atoms with Crippen LogP contribution in [0.2, 0.25) is 0 Å². The van der Waals surface area contributed by atoms with E-state index in [4.69, 9.17) is 23.9 Å². The first kappa shape index (κ1) is 56.4. The van der Waals surface area contributed by atoms with Gasteiger partial charge in [0.2, 0.25) is 31.8 Å². The first-order chi connectivity index (χ1) is 31.4. The summed E-state index contributed by atoms with van der Waals surface area (Å²) in [5.41, 5.74) is 9.74. The number of fused-ring (bicyclic) bond motifs is 1. The molecule has 2 aromatic heterocycles. The second-order valence-electron chi connectivity index (χ2n) is 18.4. The van der Waals surface area contributed by atoms with Crippen LogP contribution in [0.3, 0.4) is 0 Å². The molecule has 2 amide bonds. The number of sulfonamides is 2.